The molecule has 1 heterocycles. The van der Waals surface area contributed by atoms with Crippen molar-refractivity contribution in [3.8, 4) is 0 Å². The second-order valence-electron chi connectivity index (χ2n) is 3.38. The molecule has 6 heteroatoms. The van der Waals surface area contributed by atoms with E-state index in [4.69, 9.17) is 5.11 Å². The van der Waals surface area contributed by atoms with Gasteiger partial charge in [-0.05, 0) is 19.1 Å². The number of rotatable bonds is 6. The van der Waals surface area contributed by atoms with Crippen LogP contribution in [0.3, 0.4) is 0 Å². The molecule has 17 heavy (non-hydrogen) atoms. The molecule has 92 valence electrons. The molecule has 0 saturated carbocycles. The molecule has 0 radical (unpaired) electrons. The van der Waals surface area contributed by atoms with Gasteiger partial charge in [0.15, 0.2) is 0 Å². The highest BCUT2D eigenvalue weighted by atomic mass is 16.4. The van der Waals surface area contributed by atoms with Crippen LogP contribution in [0.2, 0.25) is 0 Å². The van der Waals surface area contributed by atoms with Gasteiger partial charge in [0.1, 0.15) is 5.69 Å². The van der Waals surface area contributed by atoms with Crippen LogP contribution >= 0.6 is 0 Å². The first kappa shape index (κ1) is 13.1. The molecule has 0 aliphatic heterocycles. The van der Waals surface area contributed by atoms with Crippen LogP contribution in [0, 0.1) is 0 Å². The summed E-state index contributed by atoms with van der Waals surface area (Å²) in [5.74, 6) is -1.16. The van der Waals surface area contributed by atoms with E-state index in [-0.39, 0.29) is 18.1 Å². The molecule has 1 amide bonds. The average molecular weight is 237 g/mol. The Morgan fingerprint density at radius 2 is 2.18 bits per heavy atom. The Morgan fingerprint density at radius 1 is 1.41 bits per heavy atom. The smallest absolute Gasteiger partial charge is 0.354 e. The van der Waals surface area contributed by atoms with Gasteiger partial charge in [0.05, 0.1) is 12.2 Å². The van der Waals surface area contributed by atoms with Crippen LogP contribution in [-0.4, -0.2) is 35.1 Å². The van der Waals surface area contributed by atoms with Crippen molar-refractivity contribution in [2.75, 3.05) is 13.1 Å². The third-order valence-corrected chi connectivity index (χ3v) is 1.99. The summed E-state index contributed by atoms with van der Waals surface area (Å²) >= 11 is 0. The van der Waals surface area contributed by atoms with Gasteiger partial charge in [-0.3, -0.25) is 4.79 Å². The number of carboxylic acids is 1. The van der Waals surface area contributed by atoms with Crippen molar-refractivity contribution in [1.82, 2.24) is 15.6 Å². The van der Waals surface area contributed by atoms with Crippen molar-refractivity contribution in [2.45, 2.75) is 13.5 Å². The van der Waals surface area contributed by atoms with Crippen molar-refractivity contribution in [1.29, 1.82) is 0 Å². The number of hydrogen-bond acceptors (Lipinski definition) is 4. The number of carbonyl (C=O) groups is 2. The molecule has 1 aromatic heterocycles. The summed E-state index contributed by atoms with van der Waals surface area (Å²) < 4.78 is 0. The molecule has 1 aromatic rings. The topological polar surface area (TPSA) is 91.3 Å². The standard InChI is InChI=1S/C11H15N3O3/c1-2-13-10(15)7-12-6-8-4-3-5-9(14-8)11(16)17/h3-5,12H,2,6-7H2,1H3,(H,13,15)(H,16,17). The molecule has 0 bridgehead atoms. The Balaban J connectivity index is 2.44. The normalized spacial score (nSPS) is 9.94. The predicted octanol–water partition coefficient (Wildman–Crippen LogP) is 0.00550. The number of amides is 1. The van der Waals surface area contributed by atoms with Crippen LogP contribution in [0.4, 0.5) is 0 Å². The zero-order valence-electron chi connectivity index (χ0n) is 9.56. The molecule has 0 unspecified atom stereocenters. The molecule has 0 fully saturated rings. The second kappa shape index (κ2) is 6.59. The van der Waals surface area contributed by atoms with E-state index in [0.717, 1.165) is 0 Å². The first-order valence-corrected chi connectivity index (χ1v) is 5.30. The van der Waals surface area contributed by atoms with Crippen molar-refractivity contribution in [2.24, 2.45) is 0 Å². The van der Waals surface area contributed by atoms with E-state index >= 15 is 0 Å². The molecule has 0 spiro atoms. The Hall–Kier alpha value is -1.95. The highest BCUT2D eigenvalue weighted by Gasteiger charge is 2.05. The molecule has 0 aliphatic carbocycles. The Labute approximate surface area is 99.1 Å². The first-order valence-electron chi connectivity index (χ1n) is 5.30. The molecule has 3 N–H and O–H groups in total. The zero-order valence-corrected chi connectivity index (χ0v) is 9.56. The number of carbonyl (C=O) groups excluding carboxylic acids is 1. The first-order chi connectivity index (χ1) is 8.13. The van der Waals surface area contributed by atoms with Gasteiger partial charge in [-0.25, -0.2) is 9.78 Å². The molecule has 0 saturated heterocycles. The number of pyridine rings is 1. The van der Waals surface area contributed by atoms with Gasteiger partial charge < -0.3 is 15.7 Å². The number of carboxylic acid groups (broad SMARTS) is 1. The summed E-state index contributed by atoms with van der Waals surface area (Å²) in [7, 11) is 0. The summed E-state index contributed by atoms with van der Waals surface area (Å²) in [6.45, 7) is 2.98. The molecule has 0 aromatic carbocycles. The van der Waals surface area contributed by atoms with Crippen LogP contribution < -0.4 is 10.6 Å². The fraction of sp³-hybridized carbons (Fsp3) is 0.364. The summed E-state index contributed by atoms with van der Waals surface area (Å²) in [6, 6.07) is 4.76. The average Bonchev–Trinajstić information content (AvgIpc) is 2.30. The van der Waals surface area contributed by atoms with Crippen LogP contribution in [-0.2, 0) is 11.3 Å². The third-order valence-electron chi connectivity index (χ3n) is 1.99. The van der Waals surface area contributed by atoms with E-state index in [1.54, 1.807) is 12.1 Å². The minimum Gasteiger partial charge on any atom is -0.477 e. The lowest BCUT2D eigenvalue weighted by Gasteiger charge is -2.05. The fourth-order valence-electron chi connectivity index (χ4n) is 1.26. The lowest BCUT2D eigenvalue weighted by Crippen LogP contribution is -2.33. The van der Waals surface area contributed by atoms with Crippen molar-refractivity contribution < 1.29 is 14.7 Å². The van der Waals surface area contributed by atoms with Gasteiger partial charge in [-0.15, -0.1) is 0 Å². The predicted molar refractivity (Wildman–Crippen MR) is 61.6 cm³/mol. The van der Waals surface area contributed by atoms with E-state index < -0.39 is 5.97 Å². The quantitative estimate of drug-likeness (QED) is 0.648. The number of nitrogens with one attached hydrogen (secondary N) is 2. The largest absolute Gasteiger partial charge is 0.477 e. The Kier molecular flexibility index (Phi) is 5.09. The summed E-state index contributed by atoms with van der Waals surface area (Å²) in [5.41, 5.74) is 0.594. The fourth-order valence-corrected chi connectivity index (χ4v) is 1.26. The van der Waals surface area contributed by atoms with Crippen LogP contribution in [0.5, 0.6) is 0 Å². The number of nitrogens with zero attached hydrogens (tertiary/aromatic N) is 1. The van der Waals surface area contributed by atoms with E-state index in [2.05, 4.69) is 15.6 Å². The summed E-state index contributed by atoms with van der Waals surface area (Å²) in [5, 5.41) is 14.3. The maximum atomic E-state index is 11.1. The number of hydrogen-bond donors (Lipinski definition) is 3. The van der Waals surface area contributed by atoms with Crippen LogP contribution in [0.1, 0.15) is 23.1 Å². The van der Waals surface area contributed by atoms with Gasteiger partial charge in [0.25, 0.3) is 0 Å². The Bertz CT molecular complexity index is 407. The van der Waals surface area contributed by atoms with E-state index in [9.17, 15) is 9.59 Å². The van der Waals surface area contributed by atoms with Gasteiger partial charge in [-0.1, -0.05) is 6.07 Å². The highest BCUT2D eigenvalue weighted by molar-refractivity contribution is 5.85. The van der Waals surface area contributed by atoms with E-state index in [1.165, 1.54) is 6.07 Å². The Morgan fingerprint density at radius 3 is 2.82 bits per heavy atom. The summed E-state index contributed by atoms with van der Waals surface area (Å²) in [4.78, 5) is 25.7. The monoisotopic (exact) mass is 237 g/mol. The number of aromatic nitrogens is 1. The maximum Gasteiger partial charge on any atom is 0.354 e. The molecule has 0 atom stereocenters. The molecular weight excluding hydrogens is 222 g/mol. The molecule has 1 rings (SSSR count). The molecule has 6 nitrogen and oxygen atoms in total. The lowest BCUT2D eigenvalue weighted by atomic mass is 10.3. The van der Waals surface area contributed by atoms with Crippen molar-refractivity contribution >= 4 is 11.9 Å². The minimum atomic E-state index is -1.06. The minimum absolute atomic E-state index is 0.00214. The third kappa shape index (κ3) is 4.60. The van der Waals surface area contributed by atoms with E-state index in [0.29, 0.717) is 18.8 Å². The zero-order chi connectivity index (χ0) is 12.7. The summed E-state index contributed by atoms with van der Waals surface area (Å²) in [6.07, 6.45) is 0. The molecule has 0 aliphatic rings. The second-order valence-corrected chi connectivity index (χ2v) is 3.38. The van der Waals surface area contributed by atoms with Crippen molar-refractivity contribution in [3.63, 3.8) is 0 Å². The van der Waals surface area contributed by atoms with Gasteiger partial charge in [-0.2, -0.15) is 0 Å². The van der Waals surface area contributed by atoms with Gasteiger partial charge >= 0.3 is 5.97 Å². The van der Waals surface area contributed by atoms with Gasteiger partial charge in [0.2, 0.25) is 5.91 Å². The SMILES string of the molecule is CCNC(=O)CNCc1cccc(C(=O)O)n1. The lowest BCUT2D eigenvalue weighted by molar-refractivity contribution is -0.120. The maximum absolute atomic E-state index is 11.1. The highest BCUT2D eigenvalue weighted by Crippen LogP contribution is 1.99. The molecular formula is C11H15N3O3. The van der Waals surface area contributed by atoms with Crippen molar-refractivity contribution in [3.05, 3.63) is 29.6 Å². The number of likely N-dealkylation sites (N-methyl/N-ethyl adjacent to an activating group) is 1. The van der Waals surface area contributed by atoms with Crippen LogP contribution in [0.25, 0.3) is 0 Å². The number of aromatic carboxylic acids is 1. The van der Waals surface area contributed by atoms with E-state index in [1.807, 2.05) is 6.92 Å². The van der Waals surface area contributed by atoms with Gasteiger partial charge in [0, 0.05) is 13.1 Å². The van der Waals surface area contributed by atoms with Crippen LogP contribution in [0.15, 0.2) is 18.2 Å².